The second-order valence-corrected chi connectivity index (χ2v) is 11.6. The van der Waals surface area contributed by atoms with E-state index >= 15 is 4.39 Å². The van der Waals surface area contributed by atoms with E-state index in [-0.39, 0.29) is 22.8 Å². The number of benzene rings is 1. The Morgan fingerprint density at radius 2 is 1.97 bits per heavy atom. The van der Waals surface area contributed by atoms with Gasteiger partial charge in [0.25, 0.3) is 0 Å². The predicted molar refractivity (Wildman–Crippen MR) is 127 cm³/mol. The van der Waals surface area contributed by atoms with Gasteiger partial charge in [0.15, 0.2) is 0 Å². The van der Waals surface area contributed by atoms with Crippen LogP contribution in [0.25, 0.3) is 22.0 Å². The molecule has 1 N–H and O–H groups in total. The first-order valence-corrected chi connectivity index (χ1v) is 12.5. The van der Waals surface area contributed by atoms with E-state index in [1.165, 1.54) is 12.1 Å². The zero-order valence-corrected chi connectivity index (χ0v) is 20.5. The van der Waals surface area contributed by atoms with E-state index in [9.17, 15) is 22.6 Å². The second kappa shape index (κ2) is 9.36. The van der Waals surface area contributed by atoms with Crippen LogP contribution in [0.1, 0.15) is 56.9 Å². The zero-order valence-electron chi connectivity index (χ0n) is 19.7. The maximum Gasteiger partial charge on any atom is 0.417 e. The third-order valence-corrected chi connectivity index (χ3v) is 7.59. The van der Waals surface area contributed by atoms with Crippen LogP contribution in [-0.4, -0.2) is 19.0 Å². The first kappa shape index (κ1) is 25.3. The van der Waals surface area contributed by atoms with Crippen LogP contribution >= 0.6 is 0 Å². The molecule has 35 heavy (non-hydrogen) atoms. The largest absolute Gasteiger partial charge is 0.417 e. The Hall–Kier alpha value is -2.77. The normalized spacial score (nSPS) is 15.7. The molecule has 1 unspecified atom stereocenters. The summed E-state index contributed by atoms with van der Waals surface area (Å²) in [5.74, 6) is -0.887. The number of rotatable bonds is 6. The van der Waals surface area contributed by atoms with Gasteiger partial charge < -0.3 is 4.57 Å². The standard InChI is InChI=1S/C25H26F4N4OS/c1-24(2,3)14-33-13-15(12-32-35(34)16-5-4-6-16)17-9-20(26)18(10-22(17)33)23-19(25(27,28)29)7-8-31-21(23)11-30/h7-10,13,16,32H,4-6,12,14H2,1-3H3. The molecule has 1 aliphatic carbocycles. The molecule has 186 valence electrons. The summed E-state index contributed by atoms with van der Waals surface area (Å²) in [7, 11) is -1.21. The Balaban J connectivity index is 1.87. The zero-order chi connectivity index (χ0) is 25.5. The molecule has 0 saturated heterocycles. The highest BCUT2D eigenvalue weighted by atomic mass is 32.2. The summed E-state index contributed by atoms with van der Waals surface area (Å²) in [6, 6.07) is 4.97. The minimum atomic E-state index is -4.79. The van der Waals surface area contributed by atoms with Crippen molar-refractivity contribution in [3.63, 3.8) is 0 Å². The highest BCUT2D eigenvalue weighted by Gasteiger charge is 2.36. The summed E-state index contributed by atoms with van der Waals surface area (Å²) in [5.41, 5.74) is -1.47. The third-order valence-electron chi connectivity index (χ3n) is 6.09. The quantitative estimate of drug-likeness (QED) is 0.412. The minimum Gasteiger partial charge on any atom is -0.347 e. The van der Waals surface area contributed by atoms with Crippen LogP contribution in [0.15, 0.2) is 30.6 Å². The molecule has 1 aromatic carbocycles. The lowest BCUT2D eigenvalue weighted by atomic mass is 9.95. The van der Waals surface area contributed by atoms with Gasteiger partial charge in [-0.25, -0.2) is 18.3 Å². The monoisotopic (exact) mass is 506 g/mol. The number of nitrogens with zero attached hydrogens (tertiary/aromatic N) is 3. The number of pyridine rings is 1. The first-order valence-electron chi connectivity index (χ1n) is 11.3. The Morgan fingerprint density at radius 3 is 2.54 bits per heavy atom. The molecule has 0 amide bonds. The van der Waals surface area contributed by atoms with Gasteiger partial charge in [-0.05, 0) is 42.0 Å². The Morgan fingerprint density at radius 1 is 1.26 bits per heavy atom. The molecule has 2 heterocycles. The van der Waals surface area contributed by atoms with Gasteiger partial charge in [-0.15, -0.1) is 0 Å². The SMILES string of the molecule is CC(C)(C)Cn1cc(CNS(=O)C2CCC2)c2cc(F)c(-c3c(C(F)(F)F)ccnc3C#N)cc21. The maximum absolute atomic E-state index is 15.4. The number of hydrogen-bond donors (Lipinski definition) is 1. The molecule has 1 saturated carbocycles. The van der Waals surface area contributed by atoms with Crippen LogP contribution in [-0.2, 0) is 30.3 Å². The molecule has 1 atom stereocenters. The van der Waals surface area contributed by atoms with Gasteiger partial charge >= 0.3 is 6.18 Å². The van der Waals surface area contributed by atoms with Crippen molar-refractivity contribution in [1.82, 2.24) is 14.3 Å². The molecule has 0 spiro atoms. The van der Waals surface area contributed by atoms with Crippen LogP contribution in [0.4, 0.5) is 17.6 Å². The van der Waals surface area contributed by atoms with Gasteiger partial charge in [0.2, 0.25) is 0 Å². The molecule has 10 heteroatoms. The van der Waals surface area contributed by atoms with Gasteiger partial charge in [-0.1, -0.05) is 27.2 Å². The van der Waals surface area contributed by atoms with Crippen LogP contribution in [0.5, 0.6) is 0 Å². The molecule has 0 radical (unpaired) electrons. The summed E-state index contributed by atoms with van der Waals surface area (Å²) in [5, 5.41) is 10.1. The number of hydrogen-bond acceptors (Lipinski definition) is 3. The predicted octanol–water partition coefficient (Wildman–Crippen LogP) is 6.08. The highest BCUT2D eigenvalue weighted by Crippen LogP contribution is 2.41. The summed E-state index contributed by atoms with van der Waals surface area (Å²) >= 11 is 0. The van der Waals surface area contributed by atoms with Crippen molar-refractivity contribution in [1.29, 1.82) is 5.26 Å². The van der Waals surface area contributed by atoms with Gasteiger partial charge in [-0.3, -0.25) is 0 Å². The van der Waals surface area contributed by atoms with Gasteiger partial charge in [0, 0.05) is 52.8 Å². The van der Waals surface area contributed by atoms with E-state index in [0.29, 0.717) is 23.0 Å². The Bertz CT molecular complexity index is 1330. The molecule has 0 aliphatic heterocycles. The van der Waals surface area contributed by atoms with Gasteiger partial charge in [0.1, 0.15) is 17.6 Å². The molecule has 1 aliphatic rings. The fourth-order valence-corrected chi connectivity index (χ4v) is 5.56. The highest BCUT2D eigenvalue weighted by molar-refractivity contribution is 7.83. The number of halogens is 4. The third kappa shape index (κ3) is 5.26. The van der Waals surface area contributed by atoms with Crippen molar-refractivity contribution >= 4 is 21.9 Å². The van der Waals surface area contributed by atoms with Crippen molar-refractivity contribution in [3.8, 4) is 17.2 Å². The number of alkyl halides is 3. The van der Waals surface area contributed by atoms with Crippen molar-refractivity contribution in [2.45, 2.75) is 64.5 Å². The van der Waals surface area contributed by atoms with E-state index in [2.05, 4.69) is 9.71 Å². The molecule has 0 bridgehead atoms. The van der Waals surface area contributed by atoms with Crippen LogP contribution in [0, 0.1) is 22.6 Å². The lowest BCUT2D eigenvalue weighted by Gasteiger charge is -2.24. The molecular weight excluding hydrogens is 480 g/mol. The maximum atomic E-state index is 15.4. The van der Waals surface area contributed by atoms with Crippen LogP contribution in [0.3, 0.4) is 0 Å². The Kier molecular flexibility index (Phi) is 6.77. The minimum absolute atomic E-state index is 0.108. The van der Waals surface area contributed by atoms with Crippen molar-refractivity contribution in [3.05, 3.63) is 53.2 Å². The number of nitrogens with one attached hydrogen (secondary N) is 1. The number of aromatic nitrogens is 2. The molecule has 2 aromatic heterocycles. The van der Waals surface area contributed by atoms with Crippen LogP contribution < -0.4 is 4.72 Å². The van der Waals surface area contributed by atoms with Crippen molar-refractivity contribution in [2.24, 2.45) is 5.41 Å². The summed E-state index contributed by atoms with van der Waals surface area (Å²) in [6.07, 6.45) is 0.780. The summed E-state index contributed by atoms with van der Waals surface area (Å²) in [6.45, 7) is 6.81. The summed E-state index contributed by atoms with van der Waals surface area (Å²) < 4.78 is 74.1. The molecular formula is C25H26F4N4OS. The van der Waals surface area contributed by atoms with E-state index in [1.807, 2.05) is 31.5 Å². The lowest BCUT2D eigenvalue weighted by Crippen LogP contribution is -2.32. The number of nitriles is 1. The summed E-state index contributed by atoms with van der Waals surface area (Å²) in [4.78, 5) is 3.76. The van der Waals surface area contributed by atoms with Gasteiger partial charge in [0.05, 0.1) is 16.5 Å². The average Bonchev–Trinajstić information content (AvgIpc) is 3.03. The molecule has 1 fully saturated rings. The Labute approximate surface area is 203 Å². The first-order chi connectivity index (χ1) is 16.4. The van der Waals surface area contributed by atoms with E-state index in [4.69, 9.17) is 0 Å². The second-order valence-electron chi connectivity index (χ2n) is 10.1. The van der Waals surface area contributed by atoms with Crippen molar-refractivity contribution < 1.29 is 21.8 Å². The lowest BCUT2D eigenvalue weighted by molar-refractivity contribution is -0.137. The van der Waals surface area contributed by atoms with Gasteiger partial charge in [-0.2, -0.15) is 18.4 Å². The smallest absolute Gasteiger partial charge is 0.347 e. The average molecular weight is 507 g/mol. The molecule has 4 rings (SSSR count). The molecule has 3 aromatic rings. The van der Waals surface area contributed by atoms with E-state index < -0.39 is 39.8 Å². The van der Waals surface area contributed by atoms with Crippen molar-refractivity contribution in [2.75, 3.05) is 0 Å². The van der Waals surface area contributed by atoms with E-state index in [0.717, 1.165) is 31.5 Å². The van der Waals surface area contributed by atoms with E-state index in [1.54, 1.807) is 6.07 Å². The fourth-order valence-electron chi connectivity index (χ4n) is 4.27. The number of fused-ring (bicyclic) bond motifs is 1. The fraction of sp³-hybridized carbons (Fsp3) is 0.440. The topological polar surface area (TPSA) is 70.7 Å². The van der Waals surface area contributed by atoms with Crippen LogP contribution in [0.2, 0.25) is 0 Å². The molecule has 5 nitrogen and oxygen atoms in total.